The first-order valence-electron chi connectivity index (χ1n) is 12.0. The summed E-state index contributed by atoms with van der Waals surface area (Å²) >= 11 is 0. The van der Waals surface area contributed by atoms with Gasteiger partial charge >= 0.3 is 0 Å². The summed E-state index contributed by atoms with van der Waals surface area (Å²) in [4.78, 5) is 35.0. The van der Waals surface area contributed by atoms with Crippen molar-refractivity contribution in [1.82, 2.24) is 15.2 Å². The maximum atomic E-state index is 13.4. The summed E-state index contributed by atoms with van der Waals surface area (Å²) < 4.78 is 5.45. The number of amides is 2. The zero-order valence-corrected chi connectivity index (χ0v) is 19.3. The third kappa shape index (κ3) is 4.75. The van der Waals surface area contributed by atoms with Crippen molar-refractivity contribution in [2.24, 2.45) is 5.92 Å². The van der Waals surface area contributed by atoms with Gasteiger partial charge in [0.2, 0.25) is 5.91 Å². The van der Waals surface area contributed by atoms with Gasteiger partial charge in [-0.05, 0) is 35.7 Å². The molecule has 34 heavy (non-hydrogen) atoms. The number of anilines is 1. The van der Waals surface area contributed by atoms with Crippen molar-refractivity contribution < 1.29 is 14.3 Å². The number of carbonyl (C=O) groups is 2. The summed E-state index contributed by atoms with van der Waals surface area (Å²) in [5, 5.41) is 5.10. The van der Waals surface area contributed by atoms with E-state index in [9.17, 15) is 9.59 Å². The van der Waals surface area contributed by atoms with E-state index >= 15 is 0 Å². The monoisotopic (exact) mass is 458 g/mol. The lowest BCUT2D eigenvalue weighted by Crippen LogP contribution is -2.45. The van der Waals surface area contributed by atoms with Crippen LogP contribution in [0.3, 0.4) is 0 Å². The fourth-order valence-corrected chi connectivity index (χ4v) is 4.91. The van der Waals surface area contributed by atoms with Crippen LogP contribution in [0.4, 0.5) is 5.82 Å². The zero-order valence-electron chi connectivity index (χ0n) is 19.3. The number of benzene rings is 2. The molecule has 1 N–H and O–H groups in total. The highest BCUT2D eigenvalue weighted by Crippen LogP contribution is 2.24. The molecule has 0 spiro atoms. The second-order valence-corrected chi connectivity index (χ2v) is 8.92. The van der Waals surface area contributed by atoms with E-state index in [1.807, 2.05) is 59.5 Å². The number of carbonyl (C=O) groups excluding carboxylic acids is 2. The number of nitrogens with zero attached hydrogens (tertiary/aromatic N) is 3. The van der Waals surface area contributed by atoms with Crippen LogP contribution in [0.15, 0.2) is 60.8 Å². The van der Waals surface area contributed by atoms with Gasteiger partial charge in [-0.3, -0.25) is 9.59 Å². The van der Waals surface area contributed by atoms with Crippen molar-refractivity contribution in [3.05, 3.63) is 71.9 Å². The molecule has 3 aromatic rings. The molecule has 0 unspecified atom stereocenters. The number of rotatable bonds is 5. The van der Waals surface area contributed by atoms with Crippen LogP contribution < -0.4 is 10.2 Å². The smallest absolute Gasteiger partial charge is 0.254 e. The van der Waals surface area contributed by atoms with Gasteiger partial charge in [-0.2, -0.15) is 0 Å². The van der Waals surface area contributed by atoms with Gasteiger partial charge in [-0.15, -0.1) is 0 Å². The molecular weight excluding hydrogens is 428 g/mol. The minimum Gasteiger partial charge on any atom is -0.378 e. The van der Waals surface area contributed by atoms with E-state index in [0.717, 1.165) is 48.1 Å². The van der Waals surface area contributed by atoms with Crippen molar-refractivity contribution in [2.75, 3.05) is 44.3 Å². The van der Waals surface area contributed by atoms with Gasteiger partial charge in [0.05, 0.1) is 19.1 Å². The lowest BCUT2D eigenvalue weighted by molar-refractivity contribution is -0.126. The molecule has 5 rings (SSSR count). The minimum absolute atomic E-state index is 0.00355. The molecule has 0 bridgehead atoms. The Balaban J connectivity index is 1.24. The maximum absolute atomic E-state index is 13.4. The number of likely N-dealkylation sites (tertiary alicyclic amines) is 1. The molecule has 0 radical (unpaired) electrons. The third-order valence-electron chi connectivity index (χ3n) is 6.73. The molecule has 1 atom stereocenters. The van der Waals surface area contributed by atoms with Gasteiger partial charge in [0.1, 0.15) is 5.82 Å². The second-order valence-electron chi connectivity index (χ2n) is 8.92. The van der Waals surface area contributed by atoms with Crippen LogP contribution in [0.25, 0.3) is 10.8 Å². The molecule has 2 aliphatic heterocycles. The van der Waals surface area contributed by atoms with Crippen LogP contribution in [-0.4, -0.2) is 61.1 Å². The SMILES string of the molecule is O=C(NCc1cccnc1N1CCOCC1)[C@H]1CCCN(C(=O)c2cccc3ccccc23)C1. The summed E-state index contributed by atoms with van der Waals surface area (Å²) in [7, 11) is 0. The van der Waals surface area contributed by atoms with E-state index in [4.69, 9.17) is 4.74 Å². The number of hydrogen-bond donors (Lipinski definition) is 1. The first-order valence-corrected chi connectivity index (χ1v) is 12.0. The van der Waals surface area contributed by atoms with E-state index in [-0.39, 0.29) is 17.7 Å². The lowest BCUT2D eigenvalue weighted by Gasteiger charge is -2.32. The van der Waals surface area contributed by atoms with Crippen molar-refractivity contribution in [1.29, 1.82) is 0 Å². The van der Waals surface area contributed by atoms with Crippen molar-refractivity contribution in [3.8, 4) is 0 Å². The number of piperidine rings is 1. The first kappa shape index (κ1) is 22.3. The Morgan fingerprint density at radius 3 is 2.71 bits per heavy atom. The maximum Gasteiger partial charge on any atom is 0.254 e. The van der Waals surface area contributed by atoms with Crippen LogP contribution >= 0.6 is 0 Å². The largest absolute Gasteiger partial charge is 0.378 e. The fourth-order valence-electron chi connectivity index (χ4n) is 4.91. The predicted molar refractivity (Wildman–Crippen MR) is 132 cm³/mol. The third-order valence-corrected chi connectivity index (χ3v) is 6.73. The highest BCUT2D eigenvalue weighted by molar-refractivity contribution is 6.07. The Labute approximate surface area is 199 Å². The Hall–Kier alpha value is -3.45. The number of fused-ring (bicyclic) bond motifs is 1. The molecule has 7 nitrogen and oxygen atoms in total. The van der Waals surface area contributed by atoms with Crippen LogP contribution in [0, 0.1) is 5.92 Å². The molecule has 3 heterocycles. The van der Waals surface area contributed by atoms with Crippen molar-refractivity contribution in [3.63, 3.8) is 0 Å². The lowest BCUT2D eigenvalue weighted by atomic mass is 9.95. The predicted octanol–water partition coefficient (Wildman–Crippen LogP) is 3.24. The molecule has 0 saturated carbocycles. The number of morpholine rings is 1. The van der Waals surface area contributed by atoms with Gasteiger partial charge in [0, 0.05) is 50.0 Å². The number of pyridine rings is 1. The molecule has 2 aromatic carbocycles. The average Bonchev–Trinajstić information content (AvgIpc) is 2.91. The summed E-state index contributed by atoms with van der Waals surface area (Å²) in [6.45, 7) is 4.51. The van der Waals surface area contributed by atoms with Crippen molar-refractivity contribution >= 4 is 28.4 Å². The van der Waals surface area contributed by atoms with Gasteiger partial charge in [-0.1, -0.05) is 42.5 Å². The zero-order chi connectivity index (χ0) is 23.3. The Bertz CT molecular complexity index is 1170. The first-order chi connectivity index (χ1) is 16.7. The van der Waals surface area contributed by atoms with E-state index in [1.165, 1.54) is 0 Å². The molecule has 2 saturated heterocycles. The number of nitrogens with one attached hydrogen (secondary N) is 1. The molecule has 2 aliphatic rings. The van der Waals surface area contributed by atoms with Gasteiger partial charge in [-0.25, -0.2) is 4.98 Å². The van der Waals surface area contributed by atoms with Crippen LogP contribution in [-0.2, 0) is 16.1 Å². The molecule has 2 fully saturated rings. The highest BCUT2D eigenvalue weighted by atomic mass is 16.5. The van der Waals surface area contributed by atoms with Crippen molar-refractivity contribution in [2.45, 2.75) is 19.4 Å². The summed E-state index contributed by atoms with van der Waals surface area (Å²) in [5.41, 5.74) is 1.70. The Morgan fingerprint density at radius 1 is 1.00 bits per heavy atom. The van der Waals surface area contributed by atoms with Crippen LogP contribution in [0.5, 0.6) is 0 Å². The van der Waals surface area contributed by atoms with Gasteiger partial charge < -0.3 is 19.9 Å². The quantitative estimate of drug-likeness (QED) is 0.635. The minimum atomic E-state index is -0.212. The molecular formula is C27H30N4O3. The molecule has 7 heteroatoms. The average molecular weight is 459 g/mol. The highest BCUT2D eigenvalue weighted by Gasteiger charge is 2.29. The van der Waals surface area contributed by atoms with Gasteiger partial charge in [0.25, 0.3) is 5.91 Å². The van der Waals surface area contributed by atoms with Crippen LogP contribution in [0.1, 0.15) is 28.8 Å². The Morgan fingerprint density at radius 2 is 1.82 bits per heavy atom. The number of hydrogen-bond acceptors (Lipinski definition) is 5. The number of aromatic nitrogens is 1. The standard InChI is InChI=1S/C27H30N4O3/c32-26(29-18-21-8-4-12-28-25(21)30-14-16-34-17-15-30)22-9-5-13-31(19-22)27(33)24-11-3-7-20-6-1-2-10-23(20)24/h1-4,6-8,10-12,22H,5,9,13-19H2,(H,29,32)/t22-/m0/s1. The summed E-state index contributed by atoms with van der Waals surface area (Å²) in [6.07, 6.45) is 3.39. The van der Waals surface area contributed by atoms with E-state index in [1.54, 1.807) is 6.20 Å². The second kappa shape index (κ2) is 10.2. The summed E-state index contributed by atoms with van der Waals surface area (Å²) in [5.74, 6) is 0.682. The summed E-state index contributed by atoms with van der Waals surface area (Å²) in [6, 6.07) is 17.7. The van der Waals surface area contributed by atoms with E-state index < -0.39 is 0 Å². The van der Waals surface area contributed by atoms with E-state index in [2.05, 4.69) is 15.2 Å². The fraction of sp³-hybridized carbons (Fsp3) is 0.370. The van der Waals surface area contributed by atoms with Gasteiger partial charge in [0.15, 0.2) is 0 Å². The Kier molecular flexibility index (Phi) is 6.72. The molecule has 176 valence electrons. The topological polar surface area (TPSA) is 74.8 Å². The van der Waals surface area contributed by atoms with Crippen LogP contribution in [0.2, 0.25) is 0 Å². The molecule has 0 aliphatic carbocycles. The van der Waals surface area contributed by atoms with E-state index in [0.29, 0.717) is 38.4 Å². The molecule has 2 amide bonds. The molecule has 1 aromatic heterocycles. The number of ether oxygens (including phenoxy) is 1. The normalized spacial score (nSPS) is 18.6.